The van der Waals surface area contributed by atoms with E-state index in [0.29, 0.717) is 30.4 Å². The molecule has 0 saturated heterocycles. The van der Waals surface area contributed by atoms with E-state index in [1.54, 1.807) is 18.2 Å². The van der Waals surface area contributed by atoms with E-state index in [1.807, 2.05) is 30.3 Å². The minimum Gasteiger partial charge on any atom is -0.466 e. The number of fused-ring (bicyclic) bond motifs is 1. The van der Waals surface area contributed by atoms with E-state index in [0.717, 1.165) is 10.0 Å². The summed E-state index contributed by atoms with van der Waals surface area (Å²) in [6.07, 6.45) is 1.36. The van der Waals surface area contributed by atoms with E-state index in [-0.39, 0.29) is 30.9 Å². The first-order valence-corrected chi connectivity index (χ1v) is 9.21. The van der Waals surface area contributed by atoms with Crippen molar-refractivity contribution in [3.63, 3.8) is 0 Å². The molecule has 0 atom stereocenters. The van der Waals surface area contributed by atoms with Crippen molar-refractivity contribution in [3.05, 3.63) is 69.7 Å². The Kier molecular flexibility index (Phi) is 5.83. The number of amides is 2. The summed E-state index contributed by atoms with van der Waals surface area (Å²) >= 11 is 3.30. The van der Waals surface area contributed by atoms with Crippen molar-refractivity contribution in [2.45, 2.75) is 19.3 Å². The predicted molar refractivity (Wildman–Crippen MR) is 99.8 cm³/mol. The van der Waals surface area contributed by atoms with Crippen LogP contribution in [0.1, 0.15) is 39.1 Å². The molecule has 1 aliphatic rings. The topological polar surface area (TPSA) is 63.7 Å². The van der Waals surface area contributed by atoms with Crippen LogP contribution in [-0.2, 0) is 16.0 Å². The van der Waals surface area contributed by atoms with Gasteiger partial charge in [0.15, 0.2) is 0 Å². The van der Waals surface area contributed by atoms with Gasteiger partial charge in [-0.3, -0.25) is 19.3 Å². The summed E-state index contributed by atoms with van der Waals surface area (Å²) < 4.78 is 5.95. The van der Waals surface area contributed by atoms with Crippen LogP contribution in [0, 0.1) is 0 Å². The van der Waals surface area contributed by atoms with E-state index in [9.17, 15) is 14.4 Å². The molecule has 0 fully saturated rings. The number of hydrogen-bond acceptors (Lipinski definition) is 4. The lowest BCUT2D eigenvalue weighted by molar-refractivity contribution is -0.143. The number of benzene rings is 2. The second-order valence-corrected chi connectivity index (χ2v) is 6.93. The Balaban J connectivity index is 1.42. The number of hydrogen-bond donors (Lipinski definition) is 0. The molecule has 0 aromatic heterocycles. The molecule has 2 aromatic carbocycles. The zero-order valence-corrected chi connectivity index (χ0v) is 15.7. The van der Waals surface area contributed by atoms with Crippen LogP contribution in [-0.4, -0.2) is 35.8 Å². The zero-order chi connectivity index (χ0) is 18.5. The van der Waals surface area contributed by atoms with Gasteiger partial charge < -0.3 is 4.74 Å². The summed E-state index contributed by atoms with van der Waals surface area (Å²) in [4.78, 5) is 37.6. The Morgan fingerprint density at radius 2 is 1.73 bits per heavy atom. The zero-order valence-electron chi connectivity index (χ0n) is 14.1. The molecule has 5 nitrogen and oxygen atoms in total. The number of imide groups is 1. The van der Waals surface area contributed by atoms with Crippen molar-refractivity contribution >= 4 is 33.7 Å². The largest absolute Gasteiger partial charge is 0.466 e. The van der Waals surface area contributed by atoms with Crippen LogP contribution in [0.5, 0.6) is 0 Å². The molecular weight excluding hydrogens is 398 g/mol. The average molecular weight is 416 g/mol. The summed E-state index contributed by atoms with van der Waals surface area (Å²) in [6.45, 7) is 0.417. The second kappa shape index (κ2) is 8.27. The molecule has 0 unspecified atom stereocenters. The SMILES string of the molecule is O=C(CCc1ccccc1)OCCCN1C(=O)c2ccc(Br)cc2C1=O. The van der Waals surface area contributed by atoms with Crippen molar-refractivity contribution in [3.8, 4) is 0 Å². The Labute approximate surface area is 160 Å². The highest BCUT2D eigenvalue weighted by molar-refractivity contribution is 9.10. The Hall–Kier alpha value is -2.47. The highest BCUT2D eigenvalue weighted by Gasteiger charge is 2.35. The number of halogens is 1. The van der Waals surface area contributed by atoms with Crippen LogP contribution in [0.4, 0.5) is 0 Å². The van der Waals surface area contributed by atoms with Gasteiger partial charge in [-0.15, -0.1) is 0 Å². The van der Waals surface area contributed by atoms with E-state index < -0.39 is 0 Å². The Bertz CT molecular complexity index is 835. The number of carbonyl (C=O) groups is 3. The van der Waals surface area contributed by atoms with Crippen LogP contribution >= 0.6 is 15.9 Å². The molecule has 0 spiro atoms. The van der Waals surface area contributed by atoms with Crippen molar-refractivity contribution in [1.29, 1.82) is 0 Å². The van der Waals surface area contributed by atoms with Gasteiger partial charge in [0.1, 0.15) is 0 Å². The molecule has 2 aromatic rings. The van der Waals surface area contributed by atoms with Gasteiger partial charge in [-0.1, -0.05) is 46.3 Å². The Morgan fingerprint density at radius 3 is 2.50 bits per heavy atom. The summed E-state index contributed by atoms with van der Waals surface area (Å²) in [5, 5.41) is 0. The summed E-state index contributed by atoms with van der Waals surface area (Å²) in [5.41, 5.74) is 1.91. The molecule has 134 valence electrons. The molecule has 26 heavy (non-hydrogen) atoms. The minimum atomic E-state index is -0.304. The van der Waals surface area contributed by atoms with Crippen molar-refractivity contribution in [2.24, 2.45) is 0 Å². The van der Waals surface area contributed by atoms with Crippen LogP contribution in [0.2, 0.25) is 0 Å². The number of esters is 1. The van der Waals surface area contributed by atoms with Crippen LogP contribution in [0.25, 0.3) is 0 Å². The maximum Gasteiger partial charge on any atom is 0.306 e. The predicted octanol–water partition coefficient (Wildman–Crippen LogP) is 3.61. The molecule has 6 heteroatoms. The summed E-state index contributed by atoms with van der Waals surface area (Å²) in [5.74, 6) is -0.880. The highest BCUT2D eigenvalue weighted by Crippen LogP contribution is 2.26. The van der Waals surface area contributed by atoms with Gasteiger partial charge in [-0.2, -0.15) is 0 Å². The fourth-order valence-corrected chi connectivity index (χ4v) is 3.20. The third-order valence-electron chi connectivity index (χ3n) is 4.18. The first kappa shape index (κ1) is 18.3. The number of aryl methyl sites for hydroxylation is 1. The minimum absolute atomic E-state index is 0.185. The van der Waals surface area contributed by atoms with Crippen molar-refractivity contribution < 1.29 is 19.1 Å². The van der Waals surface area contributed by atoms with E-state index >= 15 is 0 Å². The van der Waals surface area contributed by atoms with Gasteiger partial charge >= 0.3 is 5.97 Å². The van der Waals surface area contributed by atoms with Crippen LogP contribution < -0.4 is 0 Å². The molecule has 1 heterocycles. The third-order valence-corrected chi connectivity index (χ3v) is 4.68. The van der Waals surface area contributed by atoms with E-state index in [2.05, 4.69) is 15.9 Å². The van der Waals surface area contributed by atoms with E-state index in [4.69, 9.17) is 4.74 Å². The third kappa shape index (κ3) is 4.19. The van der Waals surface area contributed by atoms with E-state index in [1.165, 1.54) is 4.90 Å². The molecule has 0 saturated carbocycles. The van der Waals surface area contributed by atoms with Gasteiger partial charge in [0.25, 0.3) is 11.8 Å². The molecule has 3 rings (SSSR count). The van der Waals surface area contributed by atoms with Gasteiger partial charge in [0.05, 0.1) is 17.7 Å². The van der Waals surface area contributed by atoms with Gasteiger partial charge in [-0.25, -0.2) is 0 Å². The molecule has 2 amide bonds. The fourth-order valence-electron chi connectivity index (χ4n) is 2.84. The number of carbonyl (C=O) groups excluding carboxylic acids is 3. The quantitative estimate of drug-likeness (QED) is 0.393. The molecule has 0 aliphatic carbocycles. The van der Waals surface area contributed by atoms with Crippen molar-refractivity contribution in [1.82, 2.24) is 4.90 Å². The van der Waals surface area contributed by atoms with Crippen LogP contribution in [0.3, 0.4) is 0 Å². The van der Waals surface area contributed by atoms with Gasteiger partial charge in [-0.05, 0) is 36.6 Å². The normalized spacial score (nSPS) is 13.0. The van der Waals surface area contributed by atoms with Crippen LogP contribution in [0.15, 0.2) is 53.0 Å². The lowest BCUT2D eigenvalue weighted by Gasteiger charge is -2.13. The lowest BCUT2D eigenvalue weighted by Crippen LogP contribution is -2.31. The number of nitrogens with zero attached hydrogens (tertiary/aromatic N) is 1. The maximum atomic E-state index is 12.3. The van der Waals surface area contributed by atoms with Gasteiger partial charge in [0.2, 0.25) is 0 Å². The average Bonchev–Trinajstić information content (AvgIpc) is 2.88. The molecule has 0 N–H and O–H groups in total. The van der Waals surface area contributed by atoms with Crippen molar-refractivity contribution in [2.75, 3.05) is 13.2 Å². The smallest absolute Gasteiger partial charge is 0.306 e. The molecular formula is C20H18BrNO4. The summed E-state index contributed by atoms with van der Waals surface area (Å²) in [7, 11) is 0. The van der Waals surface area contributed by atoms with Gasteiger partial charge in [0, 0.05) is 17.4 Å². The first-order chi connectivity index (χ1) is 12.6. The lowest BCUT2D eigenvalue weighted by atomic mass is 10.1. The Morgan fingerprint density at radius 1 is 1.00 bits per heavy atom. The highest BCUT2D eigenvalue weighted by atomic mass is 79.9. The second-order valence-electron chi connectivity index (χ2n) is 6.01. The molecule has 0 bridgehead atoms. The number of rotatable bonds is 7. The molecule has 0 radical (unpaired) electrons. The monoisotopic (exact) mass is 415 g/mol. The first-order valence-electron chi connectivity index (χ1n) is 8.41. The summed E-state index contributed by atoms with van der Waals surface area (Å²) in [6, 6.07) is 14.8. The number of ether oxygens (including phenoxy) is 1. The fraction of sp³-hybridized carbons (Fsp3) is 0.250. The molecule has 1 aliphatic heterocycles. The maximum absolute atomic E-state index is 12.3. The standard InChI is InChI=1S/C20H18BrNO4/c21-15-8-9-16-17(13-15)20(25)22(19(16)24)11-4-12-26-18(23)10-7-14-5-2-1-3-6-14/h1-3,5-6,8-9,13H,4,7,10-12H2.